The number of benzene rings is 1. The van der Waals surface area contributed by atoms with Crippen LogP contribution in [0.4, 0.5) is 11.5 Å². The second kappa shape index (κ2) is 8.10. The van der Waals surface area contributed by atoms with Crippen molar-refractivity contribution in [2.24, 2.45) is 0 Å². The normalized spacial score (nSPS) is 10.1. The summed E-state index contributed by atoms with van der Waals surface area (Å²) < 4.78 is 5.20. The van der Waals surface area contributed by atoms with Crippen LogP contribution >= 0.6 is 0 Å². The van der Waals surface area contributed by atoms with Gasteiger partial charge >= 0.3 is 0 Å². The highest BCUT2D eigenvalue weighted by Crippen LogP contribution is 2.21. The van der Waals surface area contributed by atoms with E-state index in [0.717, 1.165) is 12.0 Å². The molecule has 2 N–H and O–H groups in total. The minimum absolute atomic E-state index is 0.0739. The van der Waals surface area contributed by atoms with Crippen LogP contribution in [0.1, 0.15) is 35.7 Å². The van der Waals surface area contributed by atoms with Crippen LogP contribution in [0.15, 0.2) is 36.5 Å². The van der Waals surface area contributed by atoms with Crippen LogP contribution in [0.3, 0.4) is 0 Å². The summed E-state index contributed by atoms with van der Waals surface area (Å²) in [5.41, 5.74) is 1.83. The summed E-state index contributed by atoms with van der Waals surface area (Å²) in [6.07, 6.45) is 2.76. The predicted octanol–water partition coefficient (Wildman–Crippen LogP) is 3.39. The zero-order chi connectivity index (χ0) is 17.5. The number of carbonyl (C=O) groups is 2. The number of aryl methyl sites for hydroxylation is 1. The summed E-state index contributed by atoms with van der Waals surface area (Å²) in [6.45, 7) is 3.78. The molecule has 0 spiro atoms. The average molecular weight is 327 g/mol. The van der Waals surface area contributed by atoms with Gasteiger partial charge in [-0.1, -0.05) is 19.1 Å². The highest BCUT2D eigenvalue weighted by atomic mass is 16.5. The number of nitrogens with one attached hydrogen (secondary N) is 2. The van der Waals surface area contributed by atoms with Gasteiger partial charge < -0.3 is 15.4 Å². The smallest absolute Gasteiger partial charge is 0.259 e. The van der Waals surface area contributed by atoms with Crippen molar-refractivity contribution in [1.29, 1.82) is 0 Å². The van der Waals surface area contributed by atoms with E-state index >= 15 is 0 Å². The number of anilines is 2. The van der Waals surface area contributed by atoms with Gasteiger partial charge in [0.15, 0.2) is 0 Å². The van der Waals surface area contributed by atoms with E-state index < -0.39 is 0 Å². The number of methoxy groups -OCH3 is 1. The van der Waals surface area contributed by atoms with Crippen molar-refractivity contribution in [3.8, 4) is 5.75 Å². The fourth-order valence-electron chi connectivity index (χ4n) is 2.21. The number of aromatic nitrogens is 1. The molecule has 0 aliphatic carbocycles. The fourth-order valence-corrected chi connectivity index (χ4v) is 2.21. The minimum atomic E-state index is -0.278. The van der Waals surface area contributed by atoms with Gasteiger partial charge in [-0.15, -0.1) is 0 Å². The summed E-state index contributed by atoms with van der Waals surface area (Å²) in [5, 5.41) is 5.54. The Bertz CT molecular complexity index is 744. The second-order valence-electron chi connectivity index (χ2n) is 5.34. The largest absolute Gasteiger partial charge is 0.496 e. The van der Waals surface area contributed by atoms with Gasteiger partial charge in [-0.05, 0) is 37.1 Å². The van der Waals surface area contributed by atoms with Crippen molar-refractivity contribution in [3.05, 3.63) is 47.7 Å². The van der Waals surface area contributed by atoms with Crippen molar-refractivity contribution in [2.45, 2.75) is 26.7 Å². The predicted molar refractivity (Wildman–Crippen MR) is 93.5 cm³/mol. The van der Waals surface area contributed by atoms with Crippen LogP contribution in [0.25, 0.3) is 0 Å². The molecule has 0 radical (unpaired) electrons. The molecule has 2 amide bonds. The topological polar surface area (TPSA) is 80.3 Å². The number of para-hydroxylation sites is 1. The lowest BCUT2D eigenvalue weighted by Gasteiger charge is -2.12. The van der Waals surface area contributed by atoms with E-state index in [1.807, 2.05) is 13.8 Å². The molecular weight excluding hydrogens is 306 g/mol. The molecular formula is C18H21N3O3. The third-order valence-electron chi connectivity index (χ3n) is 3.46. The summed E-state index contributed by atoms with van der Waals surface area (Å²) >= 11 is 0. The Morgan fingerprint density at radius 2 is 1.96 bits per heavy atom. The average Bonchev–Trinajstić information content (AvgIpc) is 2.57. The number of amides is 2. The van der Waals surface area contributed by atoms with Crippen molar-refractivity contribution < 1.29 is 14.3 Å². The first kappa shape index (κ1) is 17.5. The van der Waals surface area contributed by atoms with Gasteiger partial charge in [0, 0.05) is 6.42 Å². The van der Waals surface area contributed by atoms with E-state index in [1.165, 1.54) is 13.3 Å². The number of nitrogens with zero attached hydrogens (tertiary/aromatic N) is 1. The quantitative estimate of drug-likeness (QED) is 0.852. The molecule has 0 saturated carbocycles. The SMILES string of the molecule is CCCC(=O)Nc1cc(C)c(NC(=O)c2ccccc2OC)cn1. The third-order valence-corrected chi connectivity index (χ3v) is 3.46. The summed E-state index contributed by atoms with van der Waals surface area (Å²) in [7, 11) is 1.52. The first-order chi connectivity index (χ1) is 11.5. The molecule has 126 valence electrons. The van der Waals surface area contributed by atoms with Gasteiger partial charge in [0.1, 0.15) is 11.6 Å². The van der Waals surface area contributed by atoms with Crippen molar-refractivity contribution in [1.82, 2.24) is 4.98 Å². The molecule has 0 unspecified atom stereocenters. The Morgan fingerprint density at radius 3 is 2.62 bits per heavy atom. The molecule has 0 atom stereocenters. The number of ether oxygens (including phenoxy) is 1. The lowest BCUT2D eigenvalue weighted by Crippen LogP contribution is -2.15. The molecule has 6 heteroatoms. The molecule has 1 aromatic carbocycles. The Kier molecular flexibility index (Phi) is 5.89. The number of carbonyl (C=O) groups excluding carboxylic acids is 2. The van der Waals surface area contributed by atoms with Crippen LogP contribution in [-0.4, -0.2) is 23.9 Å². The molecule has 0 saturated heterocycles. The maximum absolute atomic E-state index is 12.4. The highest BCUT2D eigenvalue weighted by Gasteiger charge is 2.13. The standard InChI is InChI=1S/C18H21N3O3/c1-4-7-17(22)21-16-10-12(2)14(11-19-16)20-18(23)13-8-5-6-9-15(13)24-3/h5-6,8-11H,4,7H2,1-3H3,(H,20,23)(H,19,21,22). The zero-order valence-corrected chi connectivity index (χ0v) is 14.1. The molecule has 0 aliphatic heterocycles. The molecule has 1 heterocycles. The molecule has 2 aromatic rings. The summed E-state index contributed by atoms with van der Waals surface area (Å²) in [4.78, 5) is 28.2. The van der Waals surface area contributed by atoms with E-state index in [9.17, 15) is 9.59 Å². The number of hydrogen-bond acceptors (Lipinski definition) is 4. The highest BCUT2D eigenvalue weighted by molar-refractivity contribution is 6.06. The second-order valence-corrected chi connectivity index (χ2v) is 5.34. The first-order valence-electron chi connectivity index (χ1n) is 7.76. The maximum Gasteiger partial charge on any atom is 0.259 e. The van der Waals surface area contributed by atoms with Gasteiger partial charge in [0.2, 0.25) is 5.91 Å². The fraction of sp³-hybridized carbons (Fsp3) is 0.278. The van der Waals surface area contributed by atoms with E-state index in [1.54, 1.807) is 30.3 Å². The van der Waals surface area contributed by atoms with Gasteiger partial charge in [-0.2, -0.15) is 0 Å². The Balaban J connectivity index is 2.12. The maximum atomic E-state index is 12.4. The van der Waals surface area contributed by atoms with Crippen LogP contribution < -0.4 is 15.4 Å². The number of pyridine rings is 1. The van der Waals surface area contributed by atoms with Crippen molar-refractivity contribution >= 4 is 23.3 Å². The Labute approximate surface area is 141 Å². The minimum Gasteiger partial charge on any atom is -0.496 e. The van der Waals surface area contributed by atoms with Crippen molar-refractivity contribution in [2.75, 3.05) is 17.7 Å². The van der Waals surface area contributed by atoms with Gasteiger partial charge in [0.05, 0.1) is 24.6 Å². The molecule has 6 nitrogen and oxygen atoms in total. The van der Waals surface area contributed by atoms with E-state index in [0.29, 0.717) is 29.2 Å². The van der Waals surface area contributed by atoms with E-state index in [-0.39, 0.29) is 11.8 Å². The van der Waals surface area contributed by atoms with Crippen molar-refractivity contribution in [3.63, 3.8) is 0 Å². The Hall–Kier alpha value is -2.89. The third kappa shape index (κ3) is 4.32. The molecule has 0 fully saturated rings. The molecule has 24 heavy (non-hydrogen) atoms. The van der Waals surface area contributed by atoms with Crippen LogP contribution in [0.5, 0.6) is 5.75 Å². The lowest BCUT2D eigenvalue weighted by molar-refractivity contribution is -0.116. The first-order valence-corrected chi connectivity index (χ1v) is 7.76. The van der Waals surface area contributed by atoms with Gasteiger partial charge in [-0.3, -0.25) is 9.59 Å². The van der Waals surface area contributed by atoms with Crippen LogP contribution in [-0.2, 0) is 4.79 Å². The van der Waals surface area contributed by atoms with E-state index in [4.69, 9.17) is 4.74 Å². The van der Waals surface area contributed by atoms with E-state index in [2.05, 4.69) is 15.6 Å². The van der Waals surface area contributed by atoms with Crippen LogP contribution in [0, 0.1) is 6.92 Å². The summed E-state index contributed by atoms with van der Waals surface area (Å²) in [5.74, 6) is 0.626. The molecule has 1 aromatic heterocycles. The monoisotopic (exact) mass is 327 g/mol. The zero-order valence-electron chi connectivity index (χ0n) is 14.1. The molecule has 2 rings (SSSR count). The lowest BCUT2D eigenvalue weighted by atomic mass is 10.1. The summed E-state index contributed by atoms with van der Waals surface area (Å²) in [6, 6.07) is 8.72. The van der Waals surface area contributed by atoms with Crippen LogP contribution in [0.2, 0.25) is 0 Å². The number of hydrogen-bond donors (Lipinski definition) is 2. The van der Waals surface area contributed by atoms with Gasteiger partial charge in [-0.25, -0.2) is 4.98 Å². The molecule has 0 bridgehead atoms. The molecule has 0 aliphatic rings. The Morgan fingerprint density at radius 1 is 1.21 bits per heavy atom. The number of rotatable bonds is 6. The van der Waals surface area contributed by atoms with Gasteiger partial charge in [0.25, 0.3) is 5.91 Å².